The van der Waals surface area contributed by atoms with Gasteiger partial charge in [0.15, 0.2) is 0 Å². The normalized spacial score (nSPS) is 32.5. The Morgan fingerprint density at radius 3 is 1.82 bits per heavy atom. The summed E-state index contributed by atoms with van der Waals surface area (Å²) in [6, 6.07) is 0. The maximum absolute atomic E-state index is 11.4. The molecule has 0 aromatic rings. The van der Waals surface area contributed by atoms with Crippen molar-refractivity contribution in [2.24, 2.45) is 23.7 Å². The van der Waals surface area contributed by atoms with E-state index in [9.17, 15) is 4.79 Å². The molecule has 22 heavy (non-hydrogen) atoms. The fourth-order valence-corrected chi connectivity index (χ4v) is 4.30. The van der Waals surface area contributed by atoms with Crippen molar-refractivity contribution in [2.75, 3.05) is 6.61 Å². The molecule has 0 heterocycles. The monoisotopic (exact) mass is 306 g/mol. The molecule has 0 bridgehead atoms. The van der Waals surface area contributed by atoms with E-state index < -0.39 is 0 Å². The van der Waals surface area contributed by atoms with Gasteiger partial charge in [-0.1, -0.05) is 58.4 Å². The van der Waals surface area contributed by atoms with Crippen molar-refractivity contribution >= 4 is 5.97 Å². The van der Waals surface area contributed by atoms with Gasteiger partial charge in [0, 0.05) is 5.57 Å². The molecular formula is C20H34O2. The van der Waals surface area contributed by atoms with Gasteiger partial charge in [-0.2, -0.15) is 0 Å². The molecule has 0 unspecified atom stereocenters. The van der Waals surface area contributed by atoms with E-state index in [0.717, 1.165) is 17.8 Å². The Hall–Kier alpha value is -0.790. The number of ether oxygens (including phenoxy) is 1. The molecule has 2 aliphatic carbocycles. The Balaban J connectivity index is 1.61. The number of rotatable bonds is 6. The van der Waals surface area contributed by atoms with Crippen LogP contribution in [-0.2, 0) is 9.53 Å². The fourth-order valence-electron chi connectivity index (χ4n) is 4.30. The molecule has 2 aliphatic rings. The molecule has 0 aromatic heterocycles. The lowest BCUT2D eigenvalue weighted by Crippen LogP contribution is -2.23. The van der Waals surface area contributed by atoms with Crippen molar-refractivity contribution < 1.29 is 9.53 Å². The van der Waals surface area contributed by atoms with Crippen molar-refractivity contribution in [3.8, 4) is 0 Å². The zero-order valence-electron chi connectivity index (χ0n) is 14.6. The number of carbonyl (C=O) groups is 1. The third kappa shape index (κ3) is 5.44. The van der Waals surface area contributed by atoms with Crippen LogP contribution in [0.25, 0.3) is 0 Å². The minimum atomic E-state index is -0.227. The van der Waals surface area contributed by atoms with Gasteiger partial charge >= 0.3 is 5.97 Å². The average molecular weight is 306 g/mol. The first-order valence-electron chi connectivity index (χ1n) is 9.41. The topological polar surface area (TPSA) is 26.3 Å². The van der Waals surface area contributed by atoms with E-state index >= 15 is 0 Å². The third-order valence-corrected chi connectivity index (χ3v) is 5.98. The van der Waals surface area contributed by atoms with Gasteiger partial charge in [0.05, 0.1) is 6.61 Å². The highest BCUT2D eigenvalue weighted by atomic mass is 16.5. The molecule has 0 amide bonds. The molecule has 0 aliphatic heterocycles. The maximum Gasteiger partial charge on any atom is 0.333 e. The van der Waals surface area contributed by atoms with Crippen molar-refractivity contribution in [2.45, 2.75) is 78.1 Å². The van der Waals surface area contributed by atoms with Gasteiger partial charge in [0.2, 0.25) is 0 Å². The van der Waals surface area contributed by atoms with Crippen LogP contribution in [0.15, 0.2) is 12.2 Å². The summed E-state index contributed by atoms with van der Waals surface area (Å²) in [6.45, 7) is 8.28. The third-order valence-electron chi connectivity index (χ3n) is 5.98. The highest BCUT2D eigenvalue weighted by Gasteiger charge is 2.27. The number of hydrogen-bond acceptors (Lipinski definition) is 2. The molecule has 0 saturated heterocycles. The van der Waals surface area contributed by atoms with Crippen LogP contribution in [0.5, 0.6) is 0 Å². The molecule has 2 rings (SSSR count). The summed E-state index contributed by atoms with van der Waals surface area (Å²) < 4.78 is 5.31. The van der Waals surface area contributed by atoms with E-state index in [0.29, 0.717) is 18.1 Å². The summed E-state index contributed by atoms with van der Waals surface area (Å²) in [6.07, 6.45) is 13.8. The van der Waals surface area contributed by atoms with Crippen LogP contribution in [0.3, 0.4) is 0 Å². The van der Waals surface area contributed by atoms with Crippen LogP contribution in [0, 0.1) is 23.7 Å². The van der Waals surface area contributed by atoms with E-state index in [1.807, 2.05) is 0 Å². The van der Waals surface area contributed by atoms with Crippen molar-refractivity contribution in [3.63, 3.8) is 0 Å². The lowest BCUT2D eigenvalue weighted by molar-refractivity contribution is -0.140. The first kappa shape index (κ1) is 17.6. The Bertz CT molecular complexity index is 358. The van der Waals surface area contributed by atoms with Crippen molar-refractivity contribution in [1.82, 2.24) is 0 Å². The highest BCUT2D eigenvalue weighted by Crippen LogP contribution is 2.39. The largest absolute Gasteiger partial charge is 0.462 e. The van der Waals surface area contributed by atoms with Gasteiger partial charge in [-0.15, -0.1) is 0 Å². The SMILES string of the molecule is C=C(C)C(=O)OCC1CCC(CC2CCC(CC)CC2)CC1. The second kappa shape index (κ2) is 8.74. The van der Waals surface area contributed by atoms with Crippen molar-refractivity contribution in [3.05, 3.63) is 12.2 Å². The van der Waals surface area contributed by atoms with Gasteiger partial charge in [0.25, 0.3) is 0 Å². The average Bonchev–Trinajstić information content (AvgIpc) is 2.54. The molecule has 2 saturated carbocycles. The predicted octanol–water partition coefficient (Wildman–Crippen LogP) is 5.52. The summed E-state index contributed by atoms with van der Waals surface area (Å²) in [7, 11) is 0. The first-order chi connectivity index (χ1) is 10.6. The summed E-state index contributed by atoms with van der Waals surface area (Å²) in [5.41, 5.74) is 0.511. The number of hydrogen-bond donors (Lipinski definition) is 0. The lowest BCUT2D eigenvalue weighted by atomic mass is 9.73. The molecule has 0 radical (unpaired) electrons. The van der Waals surface area contributed by atoms with Gasteiger partial charge in [-0.3, -0.25) is 0 Å². The smallest absolute Gasteiger partial charge is 0.333 e. The van der Waals surface area contributed by atoms with Crippen LogP contribution in [0.2, 0.25) is 0 Å². The Morgan fingerprint density at radius 1 is 0.909 bits per heavy atom. The number of carbonyl (C=O) groups excluding carboxylic acids is 1. The second-order valence-electron chi connectivity index (χ2n) is 7.80. The summed E-state index contributed by atoms with van der Waals surface area (Å²) in [5, 5.41) is 0. The van der Waals surface area contributed by atoms with E-state index in [1.165, 1.54) is 64.2 Å². The van der Waals surface area contributed by atoms with Gasteiger partial charge in [-0.25, -0.2) is 4.79 Å². The zero-order valence-corrected chi connectivity index (χ0v) is 14.6. The maximum atomic E-state index is 11.4. The second-order valence-corrected chi connectivity index (χ2v) is 7.80. The summed E-state index contributed by atoms with van der Waals surface area (Å²) >= 11 is 0. The molecule has 2 nitrogen and oxygen atoms in total. The molecule has 0 aromatic carbocycles. The molecule has 0 N–H and O–H groups in total. The van der Waals surface area contributed by atoms with E-state index in [1.54, 1.807) is 6.92 Å². The van der Waals surface area contributed by atoms with Crippen LogP contribution in [0.1, 0.15) is 78.1 Å². The Morgan fingerprint density at radius 2 is 1.36 bits per heavy atom. The molecule has 2 heteroatoms. The summed E-state index contributed by atoms with van der Waals surface area (Å²) in [5.74, 6) is 3.28. The number of esters is 1. The highest BCUT2D eigenvalue weighted by molar-refractivity contribution is 5.86. The van der Waals surface area contributed by atoms with Crippen LogP contribution in [-0.4, -0.2) is 12.6 Å². The van der Waals surface area contributed by atoms with E-state index in [-0.39, 0.29) is 5.97 Å². The molecule has 0 spiro atoms. The van der Waals surface area contributed by atoms with Crippen LogP contribution in [0.4, 0.5) is 0 Å². The fraction of sp³-hybridized carbons (Fsp3) is 0.850. The van der Waals surface area contributed by atoms with E-state index in [2.05, 4.69) is 13.5 Å². The molecule has 2 fully saturated rings. The van der Waals surface area contributed by atoms with Crippen LogP contribution < -0.4 is 0 Å². The van der Waals surface area contributed by atoms with E-state index in [4.69, 9.17) is 4.74 Å². The van der Waals surface area contributed by atoms with Crippen LogP contribution >= 0.6 is 0 Å². The lowest BCUT2D eigenvalue weighted by Gasteiger charge is -2.33. The summed E-state index contributed by atoms with van der Waals surface area (Å²) in [4.78, 5) is 11.4. The quantitative estimate of drug-likeness (QED) is 0.477. The zero-order chi connectivity index (χ0) is 15.9. The van der Waals surface area contributed by atoms with Crippen molar-refractivity contribution in [1.29, 1.82) is 0 Å². The Kier molecular flexibility index (Phi) is 6.98. The van der Waals surface area contributed by atoms with Gasteiger partial charge in [-0.05, 0) is 49.9 Å². The Labute approximate surface area is 136 Å². The van der Waals surface area contributed by atoms with Gasteiger partial charge < -0.3 is 4.74 Å². The molecule has 0 atom stereocenters. The molecular weight excluding hydrogens is 272 g/mol. The predicted molar refractivity (Wildman–Crippen MR) is 91.6 cm³/mol. The minimum absolute atomic E-state index is 0.227. The first-order valence-corrected chi connectivity index (χ1v) is 9.41. The van der Waals surface area contributed by atoms with Gasteiger partial charge in [0.1, 0.15) is 0 Å². The molecule has 126 valence electrons. The standard InChI is InChI=1S/C20H34O2/c1-4-16-5-7-17(8-6-16)13-18-9-11-19(12-10-18)14-22-20(21)15(2)3/h16-19H,2,4-14H2,1,3H3. The minimum Gasteiger partial charge on any atom is -0.462 e.